The zero-order valence-corrected chi connectivity index (χ0v) is 7.91. The first-order valence-electron chi connectivity index (χ1n) is 4.81. The van der Waals surface area contributed by atoms with E-state index >= 15 is 0 Å². The van der Waals surface area contributed by atoms with Gasteiger partial charge in [0.25, 0.3) is 0 Å². The molecule has 0 radical (unpaired) electrons. The van der Waals surface area contributed by atoms with Gasteiger partial charge >= 0.3 is 0 Å². The minimum atomic E-state index is 0.0751. The molecule has 4 heteroatoms. The maximum absolute atomic E-state index is 8.41. The van der Waals surface area contributed by atoms with Crippen LogP contribution in [0.4, 0.5) is 0 Å². The van der Waals surface area contributed by atoms with E-state index < -0.39 is 0 Å². The van der Waals surface area contributed by atoms with Crippen LogP contribution in [0.15, 0.2) is 0 Å². The standard InChI is InChI=1S/C9H18O4/c10-3-5-11-6-7-12-8-9-2-1-4-13-9/h9-10H,1-8H2/t9-/m1/s1. The molecule has 0 bridgehead atoms. The Morgan fingerprint density at radius 1 is 1.23 bits per heavy atom. The summed E-state index contributed by atoms with van der Waals surface area (Å²) in [6.07, 6.45) is 2.55. The van der Waals surface area contributed by atoms with Gasteiger partial charge in [-0.25, -0.2) is 0 Å². The Hall–Kier alpha value is -0.160. The molecule has 0 aromatic heterocycles. The van der Waals surface area contributed by atoms with Crippen molar-refractivity contribution in [2.24, 2.45) is 0 Å². The van der Waals surface area contributed by atoms with Crippen LogP contribution in [-0.2, 0) is 14.2 Å². The minimum Gasteiger partial charge on any atom is -0.394 e. The monoisotopic (exact) mass is 190 g/mol. The fourth-order valence-corrected chi connectivity index (χ4v) is 1.28. The molecule has 1 N–H and O–H groups in total. The SMILES string of the molecule is OCCOCCOC[C@H]1CCCO1. The molecule has 1 heterocycles. The van der Waals surface area contributed by atoms with E-state index in [0.717, 1.165) is 19.4 Å². The first-order valence-corrected chi connectivity index (χ1v) is 4.81. The zero-order chi connectivity index (χ0) is 9.36. The lowest BCUT2D eigenvalue weighted by Crippen LogP contribution is -2.16. The molecule has 1 aliphatic heterocycles. The second kappa shape index (κ2) is 7.26. The van der Waals surface area contributed by atoms with E-state index in [9.17, 15) is 0 Å². The Labute approximate surface area is 78.8 Å². The molecule has 0 aromatic carbocycles. The van der Waals surface area contributed by atoms with Gasteiger partial charge in [-0.05, 0) is 12.8 Å². The quantitative estimate of drug-likeness (QED) is 0.582. The van der Waals surface area contributed by atoms with Crippen LogP contribution in [0.2, 0.25) is 0 Å². The van der Waals surface area contributed by atoms with Gasteiger partial charge < -0.3 is 19.3 Å². The fourth-order valence-electron chi connectivity index (χ4n) is 1.28. The van der Waals surface area contributed by atoms with Crippen molar-refractivity contribution in [1.82, 2.24) is 0 Å². The van der Waals surface area contributed by atoms with Gasteiger partial charge in [-0.2, -0.15) is 0 Å². The molecular weight excluding hydrogens is 172 g/mol. The average molecular weight is 190 g/mol. The lowest BCUT2D eigenvalue weighted by molar-refractivity contribution is -0.0112. The van der Waals surface area contributed by atoms with Crippen LogP contribution >= 0.6 is 0 Å². The number of hydrogen-bond acceptors (Lipinski definition) is 4. The summed E-state index contributed by atoms with van der Waals surface area (Å²) in [7, 11) is 0. The van der Waals surface area contributed by atoms with Crippen molar-refractivity contribution in [1.29, 1.82) is 0 Å². The summed E-state index contributed by atoms with van der Waals surface area (Å²) in [5, 5.41) is 8.41. The lowest BCUT2D eigenvalue weighted by Gasteiger charge is -2.09. The van der Waals surface area contributed by atoms with E-state index in [2.05, 4.69) is 0 Å². The predicted octanol–water partition coefficient (Wildman–Crippen LogP) is 0.191. The molecule has 13 heavy (non-hydrogen) atoms. The van der Waals surface area contributed by atoms with Crippen molar-refractivity contribution in [2.45, 2.75) is 18.9 Å². The summed E-state index contributed by atoms with van der Waals surface area (Å²) in [5.74, 6) is 0. The smallest absolute Gasteiger partial charge is 0.0809 e. The van der Waals surface area contributed by atoms with E-state index in [1.54, 1.807) is 0 Å². The second-order valence-electron chi connectivity index (χ2n) is 3.05. The van der Waals surface area contributed by atoms with Crippen molar-refractivity contribution in [3.8, 4) is 0 Å². The molecule has 0 unspecified atom stereocenters. The Balaban J connectivity index is 1.78. The topological polar surface area (TPSA) is 47.9 Å². The number of rotatable bonds is 7. The first-order chi connectivity index (χ1) is 6.43. The summed E-state index contributed by atoms with van der Waals surface area (Å²) >= 11 is 0. The van der Waals surface area contributed by atoms with Crippen LogP contribution in [-0.4, -0.2) is 50.9 Å². The molecule has 1 rings (SSSR count). The van der Waals surface area contributed by atoms with Crippen molar-refractivity contribution < 1.29 is 19.3 Å². The molecule has 1 atom stereocenters. The van der Waals surface area contributed by atoms with Crippen LogP contribution in [0, 0.1) is 0 Å². The van der Waals surface area contributed by atoms with E-state index in [0.29, 0.717) is 26.4 Å². The Morgan fingerprint density at radius 3 is 2.77 bits per heavy atom. The highest BCUT2D eigenvalue weighted by Crippen LogP contribution is 2.11. The number of aliphatic hydroxyl groups excluding tert-OH is 1. The van der Waals surface area contributed by atoms with Crippen LogP contribution in [0.3, 0.4) is 0 Å². The summed E-state index contributed by atoms with van der Waals surface area (Å²) < 4.78 is 15.7. The van der Waals surface area contributed by atoms with Gasteiger partial charge in [-0.3, -0.25) is 0 Å². The molecule has 1 saturated heterocycles. The lowest BCUT2D eigenvalue weighted by atomic mass is 10.2. The molecule has 0 aromatic rings. The summed E-state index contributed by atoms with van der Waals surface area (Å²) in [4.78, 5) is 0. The summed E-state index contributed by atoms with van der Waals surface area (Å²) in [6.45, 7) is 3.14. The summed E-state index contributed by atoms with van der Waals surface area (Å²) in [6, 6.07) is 0. The fraction of sp³-hybridized carbons (Fsp3) is 1.00. The number of aliphatic hydroxyl groups is 1. The van der Waals surface area contributed by atoms with Gasteiger partial charge in [0.2, 0.25) is 0 Å². The largest absolute Gasteiger partial charge is 0.394 e. The van der Waals surface area contributed by atoms with E-state index in [1.807, 2.05) is 0 Å². The highest BCUT2D eigenvalue weighted by Gasteiger charge is 2.14. The van der Waals surface area contributed by atoms with Gasteiger partial charge in [-0.1, -0.05) is 0 Å². The third-order valence-corrected chi connectivity index (χ3v) is 1.94. The Kier molecular flexibility index (Phi) is 6.10. The van der Waals surface area contributed by atoms with Crippen molar-refractivity contribution in [2.75, 3.05) is 39.6 Å². The van der Waals surface area contributed by atoms with Crippen LogP contribution in [0.1, 0.15) is 12.8 Å². The third kappa shape index (κ3) is 5.21. The molecule has 0 spiro atoms. The highest BCUT2D eigenvalue weighted by molar-refractivity contribution is 4.63. The summed E-state index contributed by atoms with van der Waals surface area (Å²) in [5.41, 5.74) is 0. The Morgan fingerprint density at radius 2 is 2.08 bits per heavy atom. The molecule has 1 fully saturated rings. The van der Waals surface area contributed by atoms with Crippen LogP contribution in [0.25, 0.3) is 0 Å². The normalized spacial score (nSPS) is 22.4. The van der Waals surface area contributed by atoms with Gasteiger partial charge in [0.1, 0.15) is 0 Å². The van der Waals surface area contributed by atoms with Crippen LogP contribution in [0.5, 0.6) is 0 Å². The molecular formula is C9H18O4. The number of hydrogen-bond donors (Lipinski definition) is 1. The molecule has 0 saturated carbocycles. The maximum Gasteiger partial charge on any atom is 0.0809 e. The van der Waals surface area contributed by atoms with Crippen molar-refractivity contribution >= 4 is 0 Å². The Bertz CT molecular complexity index is 112. The molecule has 1 aliphatic rings. The highest BCUT2D eigenvalue weighted by atomic mass is 16.6. The van der Waals surface area contributed by atoms with E-state index in [4.69, 9.17) is 19.3 Å². The molecule has 0 amide bonds. The van der Waals surface area contributed by atoms with Crippen molar-refractivity contribution in [3.63, 3.8) is 0 Å². The minimum absolute atomic E-state index is 0.0751. The van der Waals surface area contributed by atoms with E-state index in [1.165, 1.54) is 0 Å². The van der Waals surface area contributed by atoms with Crippen molar-refractivity contribution in [3.05, 3.63) is 0 Å². The molecule has 4 nitrogen and oxygen atoms in total. The third-order valence-electron chi connectivity index (χ3n) is 1.94. The molecule has 78 valence electrons. The van der Waals surface area contributed by atoms with E-state index in [-0.39, 0.29) is 12.7 Å². The predicted molar refractivity (Wildman–Crippen MR) is 47.7 cm³/mol. The van der Waals surface area contributed by atoms with Gasteiger partial charge in [0.15, 0.2) is 0 Å². The van der Waals surface area contributed by atoms with Crippen LogP contribution < -0.4 is 0 Å². The zero-order valence-electron chi connectivity index (χ0n) is 7.91. The first kappa shape index (κ1) is 10.9. The van der Waals surface area contributed by atoms with Gasteiger partial charge in [0.05, 0.1) is 39.1 Å². The average Bonchev–Trinajstić information content (AvgIpc) is 2.63. The number of ether oxygens (including phenoxy) is 3. The van der Waals surface area contributed by atoms with Gasteiger partial charge in [0, 0.05) is 6.61 Å². The maximum atomic E-state index is 8.41. The van der Waals surface area contributed by atoms with Gasteiger partial charge in [-0.15, -0.1) is 0 Å². The molecule has 0 aliphatic carbocycles. The second-order valence-corrected chi connectivity index (χ2v) is 3.05.